The summed E-state index contributed by atoms with van der Waals surface area (Å²) < 4.78 is 0. The van der Waals surface area contributed by atoms with E-state index < -0.39 is 18.2 Å². The Labute approximate surface area is 216 Å². The SMILES string of the molecule is CCCCCCCC(OOC(=O)c1ccc(C(C)(C)C)cc1)OOC(=O)c1ccc(C(C)(C)C)cc1. The maximum atomic E-state index is 12.5. The predicted octanol–water partition coefficient (Wildman–Crippen LogP) is 7.85. The summed E-state index contributed by atoms with van der Waals surface area (Å²) in [6, 6.07) is 14.4. The topological polar surface area (TPSA) is 71.1 Å². The molecule has 0 aromatic heterocycles. The molecular weight excluding hydrogens is 456 g/mol. The van der Waals surface area contributed by atoms with Gasteiger partial charge in [0.05, 0.1) is 11.1 Å². The van der Waals surface area contributed by atoms with E-state index in [0.29, 0.717) is 17.5 Å². The molecule has 0 unspecified atom stereocenters. The predicted molar refractivity (Wildman–Crippen MR) is 140 cm³/mol. The molecule has 0 atom stereocenters. The van der Waals surface area contributed by atoms with Crippen molar-refractivity contribution in [3.05, 3.63) is 70.8 Å². The fourth-order valence-corrected chi connectivity index (χ4v) is 3.53. The second kappa shape index (κ2) is 13.6. The monoisotopic (exact) mass is 498 g/mol. The van der Waals surface area contributed by atoms with Gasteiger partial charge in [0, 0.05) is 6.42 Å². The molecule has 198 valence electrons. The summed E-state index contributed by atoms with van der Waals surface area (Å²) in [5, 5.41) is 0. The van der Waals surface area contributed by atoms with Gasteiger partial charge in [0.1, 0.15) is 0 Å². The van der Waals surface area contributed by atoms with E-state index in [-0.39, 0.29) is 10.8 Å². The van der Waals surface area contributed by atoms with Gasteiger partial charge < -0.3 is 0 Å². The average molecular weight is 499 g/mol. The van der Waals surface area contributed by atoms with Gasteiger partial charge in [0.15, 0.2) is 0 Å². The maximum Gasteiger partial charge on any atom is 0.373 e. The number of rotatable bonds is 12. The molecule has 0 aliphatic rings. The third-order valence-corrected chi connectivity index (χ3v) is 5.98. The number of benzene rings is 2. The molecular formula is C30H42O6. The molecule has 2 aromatic carbocycles. The van der Waals surface area contributed by atoms with Gasteiger partial charge in [-0.15, -0.1) is 9.78 Å². The third kappa shape index (κ3) is 9.75. The number of carbonyl (C=O) groups is 2. The van der Waals surface area contributed by atoms with Gasteiger partial charge in [-0.05, 0) is 52.6 Å². The van der Waals surface area contributed by atoms with Crippen molar-refractivity contribution in [1.82, 2.24) is 0 Å². The molecule has 0 amide bonds. The second-order valence-corrected chi connectivity index (χ2v) is 11.2. The third-order valence-electron chi connectivity index (χ3n) is 5.98. The van der Waals surface area contributed by atoms with Gasteiger partial charge in [0.25, 0.3) is 0 Å². The first kappa shape index (κ1) is 29.5. The summed E-state index contributed by atoms with van der Waals surface area (Å²) in [5.41, 5.74) is 2.90. The Hall–Kier alpha value is -2.70. The molecule has 2 aromatic rings. The van der Waals surface area contributed by atoms with Crippen molar-refractivity contribution >= 4 is 11.9 Å². The molecule has 0 saturated heterocycles. The van der Waals surface area contributed by atoms with Crippen LogP contribution in [0.3, 0.4) is 0 Å². The summed E-state index contributed by atoms with van der Waals surface area (Å²) in [6.07, 6.45) is 4.50. The van der Waals surface area contributed by atoms with Crippen molar-refractivity contribution in [1.29, 1.82) is 0 Å². The van der Waals surface area contributed by atoms with Crippen LogP contribution in [0.25, 0.3) is 0 Å². The molecule has 0 fully saturated rings. The molecule has 0 bridgehead atoms. The van der Waals surface area contributed by atoms with Crippen molar-refractivity contribution in [2.24, 2.45) is 0 Å². The molecule has 0 spiro atoms. The largest absolute Gasteiger partial charge is 0.373 e. The summed E-state index contributed by atoms with van der Waals surface area (Å²) in [6.45, 7) is 14.8. The lowest BCUT2D eigenvalue weighted by atomic mass is 9.87. The lowest BCUT2D eigenvalue weighted by Gasteiger charge is -2.19. The standard InChI is InChI=1S/C30H42O6/c1-8-9-10-11-12-13-26(33-35-27(31)22-14-18-24(19-15-22)29(2,3)4)34-36-28(32)23-16-20-25(21-17-23)30(5,6)7/h14-21,26H,8-13H2,1-7H3. The second-order valence-electron chi connectivity index (χ2n) is 11.2. The van der Waals surface area contributed by atoms with Crippen LogP contribution in [0.15, 0.2) is 48.5 Å². The van der Waals surface area contributed by atoms with Crippen LogP contribution in [0.4, 0.5) is 0 Å². The lowest BCUT2D eigenvalue weighted by molar-refractivity contribution is -0.421. The zero-order valence-electron chi connectivity index (χ0n) is 22.9. The number of hydrogen-bond acceptors (Lipinski definition) is 6. The van der Waals surface area contributed by atoms with Crippen LogP contribution in [-0.2, 0) is 30.4 Å². The van der Waals surface area contributed by atoms with E-state index in [2.05, 4.69) is 48.5 Å². The number of unbranched alkanes of at least 4 members (excludes halogenated alkanes) is 4. The summed E-state index contributed by atoms with van der Waals surface area (Å²) >= 11 is 0. The van der Waals surface area contributed by atoms with E-state index in [1.54, 1.807) is 24.3 Å². The first-order valence-corrected chi connectivity index (χ1v) is 12.9. The van der Waals surface area contributed by atoms with Gasteiger partial charge in [-0.2, -0.15) is 0 Å². The van der Waals surface area contributed by atoms with E-state index in [1.807, 2.05) is 24.3 Å². The molecule has 0 aliphatic carbocycles. The summed E-state index contributed by atoms with van der Waals surface area (Å²) in [5.74, 6) is -1.28. The molecule has 0 heterocycles. The molecule has 6 heteroatoms. The molecule has 0 N–H and O–H groups in total. The quantitative estimate of drug-likeness (QED) is 0.128. The Morgan fingerprint density at radius 2 is 1.03 bits per heavy atom. The average Bonchev–Trinajstić information content (AvgIpc) is 2.83. The van der Waals surface area contributed by atoms with Crippen LogP contribution in [0.5, 0.6) is 0 Å². The van der Waals surface area contributed by atoms with Crippen LogP contribution >= 0.6 is 0 Å². The summed E-state index contributed by atoms with van der Waals surface area (Å²) in [7, 11) is 0. The highest BCUT2D eigenvalue weighted by atomic mass is 17.3. The van der Waals surface area contributed by atoms with E-state index in [1.165, 1.54) is 0 Å². The fraction of sp³-hybridized carbons (Fsp3) is 0.533. The van der Waals surface area contributed by atoms with Crippen molar-refractivity contribution in [3.63, 3.8) is 0 Å². The molecule has 36 heavy (non-hydrogen) atoms. The van der Waals surface area contributed by atoms with Gasteiger partial charge in [-0.3, -0.25) is 9.78 Å². The minimum Gasteiger partial charge on any atom is -0.290 e. The van der Waals surface area contributed by atoms with E-state index >= 15 is 0 Å². The van der Waals surface area contributed by atoms with Crippen molar-refractivity contribution < 1.29 is 29.1 Å². The number of hydrogen-bond donors (Lipinski definition) is 0. The molecule has 0 saturated carbocycles. The van der Waals surface area contributed by atoms with Crippen LogP contribution < -0.4 is 0 Å². The van der Waals surface area contributed by atoms with E-state index in [9.17, 15) is 9.59 Å². The van der Waals surface area contributed by atoms with Crippen LogP contribution in [0.2, 0.25) is 0 Å². The molecule has 0 radical (unpaired) electrons. The van der Waals surface area contributed by atoms with E-state index in [0.717, 1.165) is 43.2 Å². The van der Waals surface area contributed by atoms with E-state index in [4.69, 9.17) is 19.6 Å². The van der Waals surface area contributed by atoms with Crippen molar-refractivity contribution in [2.75, 3.05) is 0 Å². The maximum absolute atomic E-state index is 12.5. The molecule has 6 nitrogen and oxygen atoms in total. The first-order valence-electron chi connectivity index (χ1n) is 12.9. The van der Waals surface area contributed by atoms with Gasteiger partial charge in [0.2, 0.25) is 6.29 Å². The van der Waals surface area contributed by atoms with Gasteiger partial charge in [-0.25, -0.2) is 9.59 Å². The van der Waals surface area contributed by atoms with Gasteiger partial charge >= 0.3 is 11.9 Å². The fourth-order valence-electron chi connectivity index (χ4n) is 3.53. The Bertz CT molecular complexity index is 875. The minimum atomic E-state index is -1.03. The zero-order valence-corrected chi connectivity index (χ0v) is 22.9. The highest BCUT2D eigenvalue weighted by molar-refractivity contribution is 5.89. The lowest BCUT2D eigenvalue weighted by Crippen LogP contribution is -2.22. The summed E-state index contributed by atoms with van der Waals surface area (Å²) in [4.78, 5) is 45.6. The van der Waals surface area contributed by atoms with Crippen LogP contribution in [-0.4, -0.2) is 18.2 Å². The number of carbonyl (C=O) groups excluding carboxylic acids is 2. The Morgan fingerprint density at radius 1 is 0.639 bits per heavy atom. The normalized spacial score (nSPS) is 12.0. The highest BCUT2D eigenvalue weighted by Gasteiger charge is 2.21. The Kier molecular flexibility index (Phi) is 11.1. The Balaban J connectivity index is 1.96. The van der Waals surface area contributed by atoms with Crippen LogP contribution in [0, 0.1) is 0 Å². The first-order chi connectivity index (χ1) is 16.9. The highest BCUT2D eigenvalue weighted by Crippen LogP contribution is 2.24. The smallest absolute Gasteiger partial charge is 0.290 e. The zero-order chi connectivity index (χ0) is 26.8. The molecule has 0 aliphatic heterocycles. The van der Waals surface area contributed by atoms with Gasteiger partial charge in [-0.1, -0.05) is 98.4 Å². The minimum absolute atomic E-state index is 0.0212. The molecule has 2 rings (SSSR count). The Morgan fingerprint density at radius 3 is 1.39 bits per heavy atom. The van der Waals surface area contributed by atoms with Crippen molar-refractivity contribution in [3.8, 4) is 0 Å². The van der Waals surface area contributed by atoms with Crippen LogP contribution in [0.1, 0.15) is 119 Å². The van der Waals surface area contributed by atoms with Crippen molar-refractivity contribution in [2.45, 2.75) is 104 Å².